The Kier molecular flexibility index (Phi) is 2.93. The summed E-state index contributed by atoms with van der Waals surface area (Å²) in [7, 11) is 1.64. The monoisotopic (exact) mass is 246 g/mol. The fourth-order valence-electron chi connectivity index (χ4n) is 1.61. The van der Waals surface area contributed by atoms with Gasteiger partial charge in [0.15, 0.2) is 0 Å². The van der Waals surface area contributed by atoms with E-state index >= 15 is 0 Å². The number of rotatable bonds is 2. The van der Waals surface area contributed by atoms with Crippen molar-refractivity contribution in [3.05, 3.63) is 35.7 Å². The van der Waals surface area contributed by atoms with Crippen molar-refractivity contribution in [2.75, 3.05) is 11.1 Å². The Morgan fingerprint density at radius 1 is 1.50 bits per heavy atom. The lowest BCUT2D eigenvalue weighted by molar-refractivity contribution is 0.101. The molecule has 6 nitrogen and oxygen atoms in total. The van der Waals surface area contributed by atoms with Crippen molar-refractivity contribution in [3.8, 4) is 5.75 Å². The zero-order valence-corrected chi connectivity index (χ0v) is 10.1. The quantitative estimate of drug-likeness (QED) is 0.743. The summed E-state index contributed by atoms with van der Waals surface area (Å²) < 4.78 is 1.40. The average Bonchev–Trinajstić information content (AvgIpc) is 2.64. The molecule has 18 heavy (non-hydrogen) atoms. The van der Waals surface area contributed by atoms with Crippen molar-refractivity contribution in [1.29, 1.82) is 0 Å². The van der Waals surface area contributed by atoms with Crippen molar-refractivity contribution in [3.63, 3.8) is 0 Å². The number of nitrogens with two attached hydrogens (primary N) is 1. The van der Waals surface area contributed by atoms with Crippen LogP contribution >= 0.6 is 0 Å². The second-order valence-corrected chi connectivity index (χ2v) is 4.03. The Bertz CT molecular complexity index is 585. The van der Waals surface area contributed by atoms with Crippen molar-refractivity contribution in [1.82, 2.24) is 9.78 Å². The van der Waals surface area contributed by atoms with Gasteiger partial charge in [-0.1, -0.05) is 6.07 Å². The van der Waals surface area contributed by atoms with Gasteiger partial charge in [0.2, 0.25) is 0 Å². The molecular weight excluding hydrogens is 232 g/mol. The maximum atomic E-state index is 12.0. The minimum Gasteiger partial charge on any atom is -0.508 e. The van der Waals surface area contributed by atoms with Gasteiger partial charge in [0.05, 0.1) is 11.9 Å². The SMILES string of the molecule is Cc1ccc(NC(=O)c2c(N)cnn2C)cc1O. The Balaban J connectivity index is 2.24. The molecule has 2 aromatic rings. The second-order valence-electron chi connectivity index (χ2n) is 4.03. The van der Waals surface area contributed by atoms with E-state index in [-0.39, 0.29) is 17.4 Å². The van der Waals surface area contributed by atoms with Crippen molar-refractivity contribution < 1.29 is 9.90 Å². The van der Waals surface area contributed by atoms with Crippen LogP contribution in [0.25, 0.3) is 0 Å². The number of carbonyl (C=O) groups excluding carboxylic acids is 1. The first-order valence-electron chi connectivity index (χ1n) is 5.37. The number of hydrogen-bond donors (Lipinski definition) is 3. The zero-order chi connectivity index (χ0) is 13.3. The number of nitrogen functional groups attached to an aromatic ring is 1. The number of aryl methyl sites for hydroxylation is 2. The number of benzene rings is 1. The number of aromatic nitrogens is 2. The molecule has 0 saturated carbocycles. The molecule has 0 radical (unpaired) electrons. The van der Waals surface area contributed by atoms with Crippen LogP contribution in [-0.4, -0.2) is 20.8 Å². The molecule has 94 valence electrons. The average molecular weight is 246 g/mol. The molecule has 4 N–H and O–H groups in total. The predicted molar refractivity (Wildman–Crippen MR) is 68.4 cm³/mol. The van der Waals surface area contributed by atoms with Gasteiger partial charge in [-0.3, -0.25) is 9.48 Å². The summed E-state index contributed by atoms with van der Waals surface area (Å²) in [5, 5.41) is 16.1. The molecule has 2 rings (SSSR count). The number of aromatic hydroxyl groups is 1. The summed E-state index contributed by atoms with van der Waals surface area (Å²) in [5.41, 5.74) is 7.50. The number of phenolic OH excluding ortho intramolecular Hbond substituents is 1. The molecule has 0 atom stereocenters. The number of anilines is 2. The van der Waals surface area contributed by atoms with Gasteiger partial charge in [-0.15, -0.1) is 0 Å². The first-order chi connectivity index (χ1) is 8.49. The lowest BCUT2D eigenvalue weighted by Crippen LogP contribution is -2.17. The minimum absolute atomic E-state index is 0.130. The van der Waals surface area contributed by atoms with E-state index < -0.39 is 0 Å². The molecule has 0 aliphatic heterocycles. The molecule has 1 aromatic heterocycles. The van der Waals surface area contributed by atoms with E-state index in [4.69, 9.17) is 5.73 Å². The Hall–Kier alpha value is -2.50. The Morgan fingerprint density at radius 3 is 2.78 bits per heavy atom. The van der Waals surface area contributed by atoms with Crippen LogP contribution < -0.4 is 11.1 Å². The first kappa shape index (κ1) is 12.0. The van der Waals surface area contributed by atoms with Crippen LogP contribution in [0.5, 0.6) is 5.75 Å². The van der Waals surface area contributed by atoms with Crippen LogP contribution in [-0.2, 0) is 7.05 Å². The highest BCUT2D eigenvalue weighted by atomic mass is 16.3. The number of nitrogens with one attached hydrogen (secondary N) is 1. The lowest BCUT2D eigenvalue weighted by atomic mass is 10.2. The highest BCUT2D eigenvalue weighted by Crippen LogP contribution is 2.21. The van der Waals surface area contributed by atoms with Crippen molar-refractivity contribution in [2.45, 2.75) is 6.92 Å². The second kappa shape index (κ2) is 4.40. The van der Waals surface area contributed by atoms with E-state index in [9.17, 15) is 9.90 Å². The zero-order valence-electron chi connectivity index (χ0n) is 10.1. The van der Waals surface area contributed by atoms with Gasteiger partial charge in [-0.25, -0.2) is 0 Å². The maximum Gasteiger partial charge on any atom is 0.276 e. The van der Waals surface area contributed by atoms with Crippen LogP contribution in [0.1, 0.15) is 16.1 Å². The van der Waals surface area contributed by atoms with Crippen molar-refractivity contribution >= 4 is 17.3 Å². The summed E-state index contributed by atoms with van der Waals surface area (Å²) in [6.45, 7) is 1.78. The highest BCUT2D eigenvalue weighted by Gasteiger charge is 2.15. The minimum atomic E-state index is -0.365. The molecule has 0 unspecified atom stereocenters. The number of carbonyl (C=O) groups is 1. The fraction of sp³-hybridized carbons (Fsp3) is 0.167. The van der Waals surface area contributed by atoms with E-state index in [0.29, 0.717) is 11.4 Å². The van der Waals surface area contributed by atoms with Gasteiger partial charge in [-0.2, -0.15) is 5.10 Å². The van der Waals surface area contributed by atoms with Crippen LogP contribution in [0.4, 0.5) is 11.4 Å². The summed E-state index contributed by atoms with van der Waals surface area (Å²) in [6.07, 6.45) is 1.42. The van der Waals surface area contributed by atoms with Crippen LogP contribution in [0.3, 0.4) is 0 Å². The van der Waals surface area contributed by atoms with Gasteiger partial charge in [-0.05, 0) is 18.6 Å². The Labute approximate surface area is 104 Å². The molecular formula is C12H14N4O2. The van der Waals surface area contributed by atoms with Gasteiger partial charge >= 0.3 is 0 Å². The number of amides is 1. The number of phenols is 1. The molecule has 1 aromatic carbocycles. The van der Waals surface area contributed by atoms with Crippen molar-refractivity contribution in [2.24, 2.45) is 7.05 Å². The maximum absolute atomic E-state index is 12.0. The van der Waals surface area contributed by atoms with E-state index in [1.165, 1.54) is 16.9 Å². The third-order valence-corrected chi connectivity index (χ3v) is 2.65. The van der Waals surface area contributed by atoms with Crippen LogP contribution in [0, 0.1) is 6.92 Å². The Morgan fingerprint density at radius 2 is 2.22 bits per heavy atom. The summed E-state index contributed by atoms with van der Waals surface area (Å²) in [5.74, 6) is -0.235. The molecule has 0 bridgehead atoms. The molecule has 0 spiro atoms. The smallest absolute Gasteiger partial charge is 0.276 e. The largest absolute Gasteiger partial charge is 0.508 e. The molecule has 6 heteroatoms. The van der Waals surface area contributed by atoms with Gasteiger partial charge in [0.25, 0.3) is 5.91 Å². The van der Waals surface area contributed by atoms with E-state index in [1.54, 1.807) is 26.1 Å². The summed E-state index contributed by atoms with van der Waals surface area (Å²) in [4.78, 5) is 12.0. The van der Waals surface area contributed by atoms with Gasteiger partial charge in [0, 0.05) is 18.8 Å². The third kappa shape index (κ3) is 2.13. The summed E-state index contributed by atoms with van der Waals surface area (Å²) >= 11 is 0. The van der Waals surface area contributed by atoms with Crippen LogP contribution in [0.15, 0.2) is 24.4 Å². The molecule has 0 aliphatic carbocycles. The standard InChI is InChI=1S/C12H14N4O2/c1-7-3-4-8(5-10(7)17)15-12(18)11-9(13)6-14-16(11)2/h3-6,17H,13H2,1-2H3,(H,15,18). The molecule has 1 heterocycles. The predicted octanol–water partition coefficient (Wildman–Crippen LogP) is 1.27. The normalized spacial score (nSPS) is 10.3. The molecule has 0 aliphatic rings. The molecule has 0 fully saturated rings. The number of nitrogens with zero attached hydrogens (tertiary/aromatic N) is 2. The highest BCUT2D eigenvalue weighted by molar-refractivity contribution is 6.06. The number of hydrogen-bond acceptors (Lipinski definition) is 4. The van der Waals surface area contributed by atoms with E-state index in [1.807, 2.05) is 0 Å². The lowest BCUT2D eigenvalue weighted by Gasteiger charge is -2.07. The fourth-order valence-corrected chi connectivity index (χ4v) is 1.61. The molecule has 1 amide bonds. The van der Waals surface area contributed by atoms with Crippen LogP contribution in [0.2, 0.25) is 0 Å². The van der Waals surface area contributed by atoms with Gasteiger partial charge < -0.3 is 16.2 Å². The molecule has 0 saturated heterocycles. The summed E-state index contributed by atoms with van der Waals surface area (Å²) in [6, 6.07) is 4.91. The first-order valence-corrected chi connectivity index (χ1v) is 5.37. The van der Waals surface area contributed by atoms with Gasteiger partial charge in [0.1, 0.15) is 11.4 Å². The third-order valence-electron chi connectivity index (χ3n) is 2.65. The van der Waals surface area contributed by atoms with E-state index in [2.05, 4.69) is 10.4 Å². The van der Waals surface area contributed by atoms with E-state index in [0.717, 1.165) is 5.56 Å². The topological polar surface area (TPSA) is 93.2 Å².